The van der Waals surface area contributed by atoms with Crippen LogP contribution in [0.3, 0.4) is 0 Å². The van der Waals surface area contributed by atoms with Gasteiger partial charge in [-0.3, -0.25) is 0 Å². The molecule has 0 spiro atoms. The summed E-state index contributed by atoms with van der Waals surface area (Å²) in [7, 11) is 4.61. The molecule has 0 unspecified atom stereocenters. The summed E-state index contributed by atoms with van der Waals surface area (Å²) < 4.78 is 22.8. The fraction of sp³-hybridized carbons (Fsp3) is 0.273. The molecule has 0 aromatic heterocycles. The van der Waals surface area contributed by atoms with Crippen LogP contribution in [0.5, 0.6) is 5.75 Å². The quantitative estimate of drug-likeness (QED) is 0.597. The highest BCUT2D eigenvalue weighted by molar-refractivity contribution is 7.80. The van der Waals surface area contributed by atoms with Crippen LogP contribution >= 0.6 is 12.2 Å². The molecule has 0 N–H and O–H groups in total. The number of thiocarbonyl (C=S) groups is 1. The maximum absolute atomic E-state index is 13.0. The number of rotatable bonds is 2. The molecule has 4 nitrogen and oxygen atoms in total. The van der Waals surface area contributed by atoms with Gasteiger partial charge in [-0.25, -0.2) is 9.18 Å². The van der Waals surface area contributed by atoms with E-state index in [1.54, 1.807) is 19.0 Å². The molecule has 1 rings (SSSR count). The average Bonchev–Trinajstić information content (AvgIpc) is 2.30. The summed E-state index contributed by atoms with van der Waals surface area (Å²) in [4.78, 5) is 13.0. The van der Waals surface area contributed by atoms with Crippen LogP contribution in [0, 0.1) is 5.82 Å². The Kier molecular flexibility index (Phi) is 4.39. The van der Waals surface area contributed by atoms with Gasteiger partial charge in [0.2, 0.25) is 0 Å². The van der Waals surface area contributed by atoms with E-state index in [2.05, 4.69) is 4.74 Å². The van der Waals surface area contributed by atoms with Crippen molar-refractivity contribution in [3.63, 3.8) is 0 Å². The van der Waals surface area contributed by atoms with Crippen molar-refractivity contribution in [1.29, 1.82) is 0 Å². The molecule has 0 aliphatic rings. The number of hydrogen-bond acceptors (Lipinski definition) is 4. The number of halogens is 1. The minimum atomic E-state index is -0.680. The Balaban J connectivity index is 3.06. The van der Waals surface area contributed by atoms with Gasteiger partial charge >= 0.3 is 5.97 Å². The molecule has 1 aromatic rings. The summed E-state index contributed by atoms with van der Waals surface area (Å²) >= 11 is 4.93. The van der Waals surface area contributed by atoms with Crippen LogP contribution in [0.15, 0.2) is 18.2 Å². The fourth-order valence-electron chi connectivity index (χ4n) is 1.05. The summed E-state index contributed by atoms with van der Waals surface area (Å²) in [5.74, 6) is -1.06. The van der Waals surface area contributed by atoms with E-state index in [1.165, 1.54) is 19.2 Å². The fourth-order valence-corrected chi connectivity index (χ4v) is 1.14. The van der Waals surface area contributed by atoms with Crippen molar-refractivity contribution in [3.8, 4) is 5.75 Å². The van der Waals surface area contributed by atoms with E-state index in [0.29, 0.717) is 0 Å². The van der Waals surface area contributed by atoms with Crippen molar-refractivity contribution in [2.45, 2.75) is 0 Å². The lowest BCUT2D eigenvalue weighted by Gasteiger charge is -2.15. The van der Waals surface area contributed by atoms with Crippen molar-refractivity contribution in [2.24, 2.45) is 0 Å². The lowest BCUT2D eigenvalue weighted by atomic mass is 10.2. The molecular formula is C11H12FNO3S. The molecule has 0 amide bonds. The van der Waals surface area contributed by atoms with Crippen molar-refractivity contribution >= 4 is 23.4 Å². The molecule has 0 atom stereocenters. The Morgan fingerprint density at radius 3 is 2.59 bits per heavy atom. The van der Waals surface area contributed by atoms with E-state index in [0.717, 1.165) is 6.07 Å². The minimum absolute atomic E-state index is 0.00306. The van der Waals surface area contributed by atoms with Gasteiger partial charge < -0.3 is 14.4 Å². The standard InChI is InChI=1S/C11H12FNO3S/c1-13(2)11(17)16-9-5-4-7(12)6-8(9)10(14)15-3/h4-6H,1-3H3. The molecule has 0 aliphatic heterocycles. The topological polar surface area (TPSA) is 38.8 Å². The largest absolute Gasteiger partial charge is 0.465 e. The number of nitrogens with zero attached hydrogens (tertiary/aromatic N) is 1. The van der Waals surface area contributed by atoms with Gasteiger partial charge in [-0.05, 0) is 30.4 Å². The van der Waals surface area contributed by atoms with Gasteiger partial charge in [-0.15, -0.1) is 0 Å². The predicted octanol–water partition coefficient (Wildman–Crippen LogP) is 1.84. The molecular weight excluding hydrogens is 245 g/mol. The molecule has 1 aromatic carbocycles. The molecule has 0 aliphatic carbocycles. The minimum Gasteiger partial charge on any atom is -0.465 e. The third-order valence-electron chi connectivity index (χ3n) is 1.91. The summed E-state index contributed by atoms with van der Waals surface area (Å²) in [5.41, 5.74) is -0.00306. The highest BCUT2D eigenvalue weighted by atomic mass is 32.1. The van der Waals surface area contributed by atoms with Gasteiger partial charge in [0.25, 0.3) is 5.17 Å². The van der Waals surface area contributed by atoms with Crippen LogP contribution in [0.25, 0.3) is 0 Å². The normalized spacial score (nSPS) is 9.65. The van der Waals surface area contributed by atoms with E-state index < -0.39 is 11.8 Å². The Morgan fingerprint density at radius 1 is 1.41 bits per heavy atom. The van der Waals surface area contributed by atoms with Crippen LogP contribution < -0.4 is 4.74 Å². The van der Waals surface area contributed by atoms with Gasteiger partial charge in [0.05, 0.1) is 7.11 Å². The third-order valence-corrected chi connectivity index (χ3v) is 2.36. The number of carbonyl (C=O) groups is 1. The van der Waals surface area contributed by atoms with Crippen molar-refractivity contribution in [3.05, 3.63) is 29.6 Å². The molecule has 0 fully saturated rings. The van der Waals surface area contributed by atoms with E-state index in [-0.39, 0.29) is 16.5 Å². The van der Waals surface area contributed by atoms with Gasteiger partial charge in [-0.1, -0.05) is 0 Å². The number of carbonyl (C=O) groups excluding carboxylic acids is 1. The second-order valence-electron chi connectivity index (χ2n) is 3.39. The van der Waals surface area contributed by atoms with Crippen LogP contribution in [-0.4, -0.2) is 37.2 Å². The molecule has 0 radical (unpaired) electrons. The predicted molar refractivity (Wildman–Crippen MR) is 64.7 cm³/mol. The van der Waals surface area contributed by atoms with Gasteiger partial charge in [0, 0.05) is 14.1 Å². The monoisotopic (exact) mass is 257 g/mol. The molecule has 6 heteroatoms. The van der Waals surface area contributed by atoms with Gasteiger partial charge in [-0.2, -0.15) is 0 Å². The zero-order chi connectivity index (χ0) is 13.0. The molecule has 17 heavy (non-hydrogen) atoms. The van der Waals surface area contributed by atoms with Gasteiger partial charge in [0.15, 0.2) is 0 Å². The lowest BCUT2D eigenvalue weighted by molar-refractivity contribution is 0.0597. The third kappa shape index (κ3) is 3.39. The molecule has 92 valence electrons. The number of esters is 1. The van der Waals surface area contributed by atoms with Crippen molar-refractivity contribution in [1.82, 2.24) is 4.90 Å². The second kappa shape index (κ2) is 5.58. The molecule has 0 saturated heterocycles. The highest BCUT2D eigenvalue weighted by Gasteiger charge is 2.16. The van der Waals surface area contributed by atoms with Crippen LogP contribution in [-0.2, 0) is 4.74 Å². The van der Waals surface area contributed by atoms with E-state index >= 15 is 0 Å². The summed E-state index contributed by atoms with van der Waals surface area (Å²) in [6.45, 7) is 0. The van der Waals surface area contributed by atoms with E-state index in [4.69, 9.17) is 17.0 Å². The maximum atomic E-state index is 13.0. The Bertz CT molecular complexity index is 448. The first-order valence-corrected chi connectivity index (χ1v) is 5.13. The number of methoxy groups -OCH3 is 1. The smallest absolute Gasteiger partial charge is 0.341 e. The number of ether oxygens (including phenoxy) is 2. The zero-order valence-electron chi connectivity index (χ0n) is 9.69. The van der Waals surface area contributed by atoms with Crippen LogP contribution in [0.2, 0.25) is 0 Å². The summed E-state index contributed by atoms with van der Waals surface area (Å²) in [5, 5.41) is 0.168. The first-order valence-electron chi connectivity index (χ1n) is 4.72. The van der Waals surface area contributed by atoms with Crippen molar-refractivity contribution in [2.75, 3.05) is 21.2 Å². The maximum Gasteiger partial charge on any atom is 0.341 e. The van der Waals surface area contributed by atoms with E-state index in [1.807, 2.05) is 0 Å². The Labute approximate surface area is 104 Å². The second-order valence-corrected chi connectivity index (χ2v) is 3.74. The van der Waals surface area contributed by atoms with Crippen molar-refractivity contribution < 1.29 is 18.7 Å². The highest BCUT2D eigenvalue weighted by Crippen LogP contribution is 2.21. The molecule has 0 heterocycles. The van der Waals surface area contributed by atoms with Crippen LogP contribution in [0.4, 0.5) is 4.39 Å². The van der Waals surface area contributed by atoms with E-state index in [9.17, 15) is 9.18 Å². The Hall–Kier alpha value is -1.69. The first kappa shape index (κ1) is 13.4. The zero-order valence-corrected chi connectivity index (χ0v) is 10.5. The first-order chi connectivity index (χ1) is 7.95. The number of hydrogen-bond donors (Lipinski definition) is 0. The average molecular weight is 257 g/mol. The van der Waals surface area contributed by atoms with Crippen LogP contribution in [0.1, 0.15) is 10.4 Å². The summed E-state index contributed by atoms with van der Waals surface area (Å²) in [6.07, 6.45) is 0. The lowest BCUT2D eigenvalue weighted by Crippen LogP contribution is -2.25. The SMILES string of the molecule is COC(=O)c1cc(F)ccc1OC(=S)N(C)C. The molecule has 0 bridgehead atoms. The summed E-state index contributed by atoms with van der Waals surface area (Å²) in [6, 6.07) is 3.55. The molecule has 0 saturated carbocycles. The Morgan fingerprint density at radius 2 is 2.06 bits per heavy atom. The number of benzene rings is 1. The van der Waals surface area contributed by atoms with Gasteiger partial charge in [0.1, 0.15) is 17.1 Å².